The minimum atomic E-state index is -0.961. The molecule has 0 aromatic heterocycles. The standard InChI is InChI=1S/C25H23I2N3O5/c1-30(2)19-4-3-5-20(12-19)34-15-23(31)29-28-13-17-10-21(26)24(22(27)11-17)35-14-16-6-8-18(9-7-16)25(32)33/h3-13H,14-15H2,1-2H3,(H,29,31)(H,32,33)/b28-13+. The molecule has 0 saturated carbocycles. The van der Waals surface area contributed by atoms with E-state index in [1.54, 1.807) is 36.5 Å². The van der Waals surface area contributed by atoms with Crippen LogP contribution in [-0.4, -0.2) is 43.9 Å². The van der Waals surface area contributed by atoms with Crippen molar-refractivity contribution in [1.82, 2.24) is 5.43 Å². The van der Waals surface area contributed by atoms with Crippen molar-refractivity contribution in [2.75, 3.05) is 25.6 Å². The van der Waals surface area contributed by atoms with Gasteiger partial charge in [0.15, 0.2) is 6.61 Å². The van der Waals surface area contributed by atoms with Crippen LogP contribution in [0.3, 0.4) is 0 Å². The molecule has 35 heavy (non-hydrogen) atoms. The molecule has 0 spiro atoms. The van der Waals surface area contributed by atoms with Gasteiger partial charge >= 0.3 is 5.97 Å². The number of aromatic carboxylic acids is 1. The first kappa shape index (κ1) is 26.7. The van der Waals surface area contributed by atoms with Gasteiger partial charge in [-0.15, -0.1) is 0 Å². The summed E-state index contributed by atoms with van der Waals surface area (Å²) in [7, 11) is 3.87. The van der Waals surface area contributed by atoms with Gasteiger partial charge in [-0.05, 0) is 92.7 Å². The number of anilines is 1. The third-order valence-electron chi connectivity index (χ3n) is 4.71. The number of hydrogen-bond acceptors (Lipinski definition) is 6. The fourth-order valence-electron chi connectivity index (χ4n) is 2.90. The maximum absolute atomic E-state index is 12.1. The van der Waals surface area contributed by atoms with Crippen LogP contribution in [0, 0.1) is 7.14 Å². The average molecular weight is 699 g/mol. The van der Waals surface area contributed by atoms with Crippen molar-refractivity contribution in [3.63, 3.8) is 0 Å². The van der Waals surface area contributed by atoms with Crippen molar-refractivity contribution in [2.45, 2.75) is 6.61 Å². The molecule has 2 N–H and O–H groups in total. The van der Waals surface area contributed by atoms with Crippen LogP contribution in [0.5, 0.6) is 11.5 Å². The molecule has 0 saturated heterocycles. The van der Waals surface area contributed by atoms with Crippen LogP contribution in [0.15, 0.2) is 65.8 Å². The van der Waals surface area contributed by atoms with Gasteiger partial charge in [-0.1, -0.05) is 18.2 Å². The van der Waals surface area contributed by atoms with Crippen LogP contribution in [0.4, 0.5) is 5.69 Å². The second-order valence-electron chi connectivity index (χ2n) is 7.58. The summed E-state index contributed by atoms with van der Waals surface area (Å²) >= 11 is 4.36. The van der Waals surface area contributed by atoms with Crippen molar-refractivity contribution >= 4 is 69.0 Å². The second-order valence-corrected chi connectivity index (χ2v) is 9.90. The number of nitrogens with zero attached hydrogens (tertiary/aromatic N) is 2. The number of hydrazone groups is 1. The van der Waals surface area contributed by atoms with E-state index in [1.165, 1.54) is 0 Å². The lowest BCUT2D eigenvalue weighted by atomic mass is 10.1. The molecular formula is C25H23I2N3O5. The SMILES string of the molecule is CN(C)c1cccc(OCC(=O)N/N=C/c2cc(I)c(OCc3ccc(C(=O)O)cc3)c(I)c2)c1. The second kappa shape index (κ2) is 12.7. The third kappa shape index (κ3) is 8.09. The maximum atomic E-state index is 12.1. The van der Waals surface area contributed by atoms with Crippen molar-refractivity contribution in [3.8, 4) is 11.5 Å². The molecule has 3 aromatic rings. The smallest absolute Gasteiger partial charge is 0.335 e. The number of nitrogens with one attached hydrogen (secondary N) is 1. The minimum absolute atomic E-state index is 0.149. The van der Waals surface area contributed by atoms with E-state index in [0.29, 0.717) is 12.4 Å². The first-order valence-electron chi connectivity index (χ1n) is 10.4. The molecule has 0 unspecified atom stereocenters. The predicted molar refractivity (Wildman–Crippen MR) is 152 cm³/mol. The van der Waals surface area contributed by atoms with Crippen molar-refractivity contribution in [3.05, 3.63) is 84.5 Å². The highest BCUT2D eigenvalue weighted by atomic mass is 127. The van der Waals surface area contributed by atoms with Crippen LogP contribution < -0.4 is 19.8 Å². The van der Waals surface area contributed by atoms with Crippen LogP contribution in [0.1, 0.15) is 21.5 Å². The summed E-state index contributed by atoms with van der Waals surface area (Å²) in [6, 6.07) is 17.8. The molecule has 0 aliphatic rings. The first-order chi connectivity index (χ1) is 16.7. The maximum Gasteiger partial charge on any atom is 0.335 e. The topological polar surface area (TPSA) is 100 Å². The molecule has 0 heterocycles. The Bertz CT molecular complexity index is 1210. The Morgan fingerprint density at radius 3 is 2.34 bits per heavy atom. The van der Waals surface area contributed by atoms with E-state index in [-0.39, 0.29) is 18.1 Å². The minimum Gasteiger partial charge on any atom is -0.487 e. The normalized spacial score (nSPS) is 10.7. The molecule has 0 bridgehead atoms. The molecule has 0 atom stereocenters. The molecule has 0 aliphatic carbocycles. The predicted octanol–water partition coefficient (Wildman–Crippen LogP) is 4.77. The van der Waals surface area contributed by atoms with Crippen LogP contribution in [0.25, 0.3) is 0 Å². The van der Waals surface area contributed by atoms with Gasteiger partial charge in [-0.2, -0.15) is 5.10 Å². The quantitative estimate of drug-likeness (QED) is 0.180. The lowest BCUT2D eigenvalue weighted by Crippen LogP contribution is -2.24. The summed E-state index contributed by atoms with van der Waals surface area (Å²) < 4.78 is 13.3. The number of carbonyl (C=O) groups is 2. The Morgan fingerprint density at radius 1 is 1.03 bits per heavy atom. The highest BCUT2D eigenvalue weighted by Gasteiger charge is 2.10. The number of carboxylic acid groups (broad SMARTS) is 1. The number of halogens is 2. The van der Waals surface area contributed by atoms with Crippen LogP contribution in [0.2, 0.25) is 0 Å². The number of hydrogen-bond donors (Lipinski definition) is 2. The van der Waals surface area contributed by atoms with Gasteiger partial charge in [0.1, 0.15) is 18.1 Å². The van der Waals surface area contributed by atoms with E-state index in [9.17, 15) is 9.59 Å². The Labute approximate surface area is 230 Å². The van der Waals surface area contributed by atoms with Gasteiger partial charge < -0.3 is 19.5 Å². The summed E-state index contributed by atoms with van der Waals surface area (Å²) in [6.45, 7) is 0.163. The zero-order valence-electron chi connectivity index (χ0n) is 19.0. The largest absolute Gasteiger partial charge is 0.487 e. The van der Waals surface area contributed by atoms with Gasteiger partial charge in [0.2, 0.25) is 0 Å². The number of ether oxygens (including phenoxy) is 2. The van der Waals surface area contributed by atoms with Crippen molar-refractivity contribution in [1.29, 1.82) is 0 Å². The molecular weight excluding hydrogens is 676 g/mol. The molecule has 0 radical (unpaired) electrons. The highest BCUT2D eigenvalue weighted by molar-refractivity contribution is 14.1. The Kier molecular flexibility index (Phi) is 9.72. The molecule has 0 fully saturated rings. The van der Waals surface area contributed by atoms with Crippen molar-refractivity contribution in [2.24, 2.45) is 5.10 Å². The van der Waals surface area contributed by atoms with Crippen LogP contribution >= 0.6 is 45.2 Å². The fourth-order valence-corrected chi connectivity index (χ4v) is 5.03. The first-order valence-corrected chi connectivity index (χ1v) is 12.5. The van der Waals surface area contributed by atoms with Gasteiger partial charge in [0.25, 0.3) is 5.91 Å². The Morgan fingerprint density at radius 2 is 1.71 bits per heavy atom. The molecule has 3 aromatic carbocycles. The molecule has 1 amide bonds. The zero-order chi connectivity index (χ0) is 25.4. The van der Waals surface area contributed by atoms with Gasteiger partial charge in [-0.3, -0.25) is 4.79 Å². The van der Waals surface area contributed by atoms with E-state index >= 15 is 0 Å². The van der Waals surface area contributed by atoms with E-state index in [4.69, 9.17) is 14.6 Å². The monoisotopic (exact) mass is 699 g/mol. The van der Waals surface area contributed by atoms with E-state index in [1.807, 2.05) is 49.3 Å². The third-order valence-corrected chi connectivity index (χ3v) is 6.31. The Hall–Kier alpha value is -2.87. The van der Waals surface area contributed by atoms with Crippen molar-refractivity contribution < 1.29 is 24.2 Å². The summed E-state index contributed by atoms with van der Waals surface area (Å²) in [5, 5.41) is 13.0. The van der Waals surface area contributed by atoms with Gasteiger partial charge in [-0.25, -0.2) is 10.2 Å². The lowest BCUT2D eigenvalue weighted by molar-refractivity contribution is -0.123. The van der Waals surface area contributed by atoms with Gasteiger partial charge in [0.05, 0.1) is 18.9 Å². The summed E-state index contributed by atoms with van der Waals surface area (Å²) in [6.07, 6.45) is 1.56. The average Bonchev–Trinajstić information content (AvgIpc) is 2.82. The van der Waals surface area contributed by atoms with Gasteiger partial charge in [0, 0.05) is 25.8 Å². The van der Waals surface area contributed by atoms with Crippen LogP contribution in [-0.2, 0) is 11.4 Å². The molecule has 3 rings (SSSR count). The molecule has 182 valence electrons. The number of benzene rings is 3. The van der Waals surface area contributed by atoms with E-state index in [0.717, 1.165) is 29.7 Å². The summed E-state index contributed by atoms with van der Waals surface area (Å²) in [5.74, 6) is 0.00278. The number of carbonyl (C=O) groups excluding carboxylic acids is 1. The number of rotatable bonds is 10. The van der Waals surface area contributed by atoms with E-state index in [2.05, 4.69) is 55.7 Å². The lowest BCUT2D eigenvalue weighted by Gasteiger charge is -2.13. The molecule has 0 aliphatic heterocycles. The summed E-state index contributed by atoms with van der Waals surface area (Å²) in [5.41, 5.74) is 5.35. The fraction of sp³-hybridized carbons (Fsp3) is 0.160. The zero-order valence-corrected chi connectivity index (χ0v) is 23.3. The van der Waals surface area contributed by atoms with E-state index < -0.39 is 5.97 Å². The molecule has 8 nitrogen and oxygen atoms in total. The Balaban J connectivity index is 1.53. The summed E-state index contributed by atoms with van der Waals surface area (Å²) in [4.78, 5) is 25.0. The molecule has 10 heteroatoms. The highest BCUT2D eigenvalue weighted by Crippen LogP contribution is 2.29. The number of amides is 1. The number of carboxylic acids is 1.